The summed E-state index contributed by atoms with van der Waals surface area (Å²) in [7, 11) is 0. The quantitative estimate of drug-likeness (QED) is 0.576. The highest BCUT2D eigenvalue weighted by Crippen LogP contribution is 2.40. The summed E-state index contributed by atoms with van der Waals surface area (Å²) in [6.07, 6.45) is 0. The maximum absolute atomic E-state index is 10.3. The molecule has 0 aromatic rings. The Hall–Kier alpha value is 0.300. The summed E-state index contributed by atoms with van der Waals surface area (Å²) in [6, 6.07) is 0. The van der Waals surface area contributed by atoms with Crippen LogP contribution in [0.25, 0.3) is 0 Å². The summed E-state index contributed by atoms with van der Waals surface area (Å²) in [4.78, 5) is 10.3. The first-order chi connectivity index (χ1) is 4.67. The number of hydrogen-bond donors (Lipinski definition) is 0. The van der Waals surface area contributed by atoms with E-state index in [1.54, 1.807) is 11.8 Å². The van der Waals surface area contributed by atoms with Crippen LogP contribution in [-0.2, 0) is 0 Å². The highest BCUT2D eigenvalue weighted by atomic mass is 32.2. The van der Waals surface area contributed by atoms with Gasteiger partial charge in [-0.25, -0.2) is 0 Å². The molecular formula is C6H11NOS2. The van der Waals surface area contributed by atoms with Crippen molar-refractivity contribution in [2.45, 2.75) is 24.0 Å². The molecule has 0 spiro atoms. The fraction of sp³-hybridized carbons (Fsp3) is 1.00. The van der Waals surface area contributed by atoms with Gasteiger partial charge in [0, 0.05) is 16.3 Å². The van der Waals surface area contributed by atoms with Gasteiger partial charge in [0.1, 0.15) is 0 Å². The van der Waals surface area contributed by atoms with Gasteiger partial charge >= 0.3 is 0 Å². The molecule has 4 heteroatoms. The lowest BCUT2D eigenvalue weighted by atomic mass is 10.2. The van der Waals surface area contributed by atoms with E-state index < -0.39 is 0 Å². The maximum Gasteiger partial charge on any atom is 0.151 e. The fourth-order valence-electron chi connectivity index (χ4n) is 0.894. The van der Waals surface area contributed by atoms with Crippen LogP contribution in [-0.4, -0.2) is 21.6 Å². The maximum atomic E-state index is 10.3. The summed E-state index contributed by atoms with van der Waals surface area (Å²) in [6.45, 7) is 4.16. The molecule has 0 radical (unpaired) electrons. The standard InChI is InChI=1S/C6H11NOS2/c1-6(2)5(7-8)9-3-4-10-6/h5H,3-4H2,1-2H3. The Bertz CT molecular complexity index is 138. The minimum atomic E-state index is -0.0498. The first kappa shape index (κ1) is 8.40. The summed E-state index contributed by atoms with van der Waals surface area (Å²) in [5.41, 5.74) is 0. The van der Waals surface area contributed by atoms with Gasteiger partial charge in [-0.3, -0.25) is 0 Å². The smallest absolute Gasteiger partial charge is 0.151 e. The third-order valence-electron chi connectivity index (χ3n) is 1.52. The van der Waals surface area contributed by atoms with Crippen molar-refractivity contribution in [1.29, 1.82) is 0 Å². The van der Waals surface area contributed by atoms with Crippen molar-refractivity contribution in [3.05, 3.63) is 4.91 Å². The number of thioether (sulfide) groups is 2. The molecule has 1 atom stereocenters. The van der Waals surface area contributed by atoms with Gasteiger partial charge in [-0.15, -0.1) is 16.7 Å². The van der Waals surface area contributed by atoms with Crippen molar-refractivity contribution in [2.75, 3.05) is 11.5 Å². The molecular weight excluding hydrogens is 166 g/mol. The molecule has 58 valence electrons. The second-order valence-electron chi connectivity index (χ2n) is 2.78. The Labute approximate surface area is 69.5 Å². The summed E-state index contributed by atoms with van der Waals surface area (Å²) in [5.74, 6) is 2.20. The predicted molar refractivity (Wildman–Crippen MR) is 48.6 cm³/mol. The van der Waals surface area contributed by atoms with Crippen LogP contribution in [0.1, 0.15) is 13.8 Å². The van der Waals surface area contributed by atoms with Crippen molar-refractivity contribution >= 4 is 23.5 Å². The molecule has 1 saturated heterocycles. The Balaban J connectivity index is 2.59. The van der Waals surface area contributed by atoms with Gasteiger partial charge in [-0.05, 0) is 13.8 Å². The molecule has 0 amide bonds. The van der Waals surface area contributed by atoms with E-state index in [2.05, 4.69) is 19.0 Å². The first-order valence-corrected chi connectivity index (χ1v) is 5.28. The highest BCUT2D eigenvalue weighted by molar-refractivity contribution is 8.07. The third kappa shape index (κ3) is 1.66. The minimum absolute atomic E-state index is 0.0463. The predicted octanol–water partition coefficient (Wildman–Crippen LogP) is 2.34. The van der Waals surface area contributed by atoms with Crippen LogP contribution in [0.2, 0.25) is 0 Å². The molecule has 1 heterocycles. The summed E-state index contributed by atoms with van der Waals surface area (Å²) < 4.78 is 0.0463. The Morgan fingerprint density at radius 1 is 1.50 bits per heavy atom. The summed E-state index contributed by atoms with van der Waals surface area (Å²) in [5, 5.41) is 3.04. The second kappa shape index (κ2) is 3.13. The zero-order valence-corrected chi connectivity index (χ0v) is 7.80. The molecule has 0 aromatic carbocycles. The van der Waals surface area contributed by atoms with Crippen LogP contribution >= 0.6 is 23.5 Å². The topological polar surface area (TPSA) is 29.4 Å². The lowest BCUT2D eigenvalue weighted by Gasteiger charge is -2.32. The van der Waals surface area contributed by atoms with E-state index in [0.717, 1.165) is 11.5 Å². The number of nitrogens with zero attached hydrogens (tertiary/aromatic N) is 1. The highest BCUT2D eigenvalue weighted by Gasteiger charge is 2.34. The Kier molecular flexibility index (Phi) is 2.63. The Morgan fingerprint density at radius 3 is 2.60 bits per heavy atom. The van der Waals surface area contributed by atoms with Gasteiger partial charge in [0.25, 0.3) is 0 Å². The van der Waals surface area contributed by atoms with Gasteiger partial charge in [-0.1, -0.05) is 5.18 Å². The third-order valence-corrected chi connectivity index (χ3v) is 4.74. The van der Waals surface area contributed by atoms with Crippen LogP contribution in [0.4, 0.5) is 0 Å². The number of rotatable bonds is 1. The molecule has 1 aliphatic rings. The van der Waals surface area contributed by atoms with Crippen molar-refractivity contribution < 1.29 is 0 Å². The van der Waals surface area contributed by atoms with E-state index in [0.29, 0.717) is 0 Å². The lowest BCUT2D eigenvalue weighted by Crippen LogP contribution is -2.32. The minimum Gasteiger partial charge on any atom is -0.152 e. The normalized spacial score (nSPS) is 31.6. The molecule has 1 aliphatic heterocycles. The molecule has 0 aliphatic carbocycles. The first-order valence-electron chi connectivity index (χ1n) is 3.25. The second-order valence-corrected chi connectivity index (χ2v) is 5.72. The molecule has 0 saturated carbocycles. The molecule has 2 nitrogen and oxygen atoms in total. The molecule has 0 aromatic heterocycles. The van der Waals surface area contributed by atoms with Crippen molar-refractivity contribution in [3.8, 4) is 0 Å². The fourth-order valence-corrected chi connectivity index (χ4v) is 3.42. The van der Waals surface area contributed by atoms with Crippen molar-refractivity contribution in [2.24, 2.45) is 5.18 Å². The SMILES string of the molecule is CC1(C)SCCSC1N=O. The largest absolute Gasteiger partial charge is 0.152 e. The molecule has 1 fully saturated rings. The van der Waals surface area contributed by atoms with Crippen molar-refractivity contribution in [1.82, 2.24) is 0 Å². The van der Waals surface area contributed by atoms with Gasteiger partial charge in [0.05, 0.1) is 0 Å². The van der Waals surface area contributed by atoms with E-state index in [-0.39, 0.29) is 10.1 Å². The lowest BCUT2D eigenvalue weighted by molar-refractivity contribution is 0.675. The average Bonchev–Trinajstić information content (AvgIpc) is 1.87. The monoisotopic (exact) mass is 177 g/mol. The molecule has 0 N–H and O–H groups in total. The summed E-state index contributed by atoms with van der Waals surface area (Å²) >= 11 is 3.51. The van der Waals surface area contributed by atoms with E-state index in [9.17, 15) is 4.91 Å². The number of nitroso groups, excluding NO2 is 1. The van der Waals surface area contributed by atoms with Gasteiger partial charge in [0.15, 0.2) is 5.37 Å². The van der Waals surface area contributed by atoms with Crippen LogP contribution in [0.5, 0.6) is 0 Å². The molecule has 1 unspecified atom stereocenters. The van der Waals surface area contributed by atoms with E-state index in [1.165, 1.54) is 0 Å². The van der Waals surface area contributed by atoms with E-state index >= 15 is 0 Å². The average molecular weight is 177 g/mol. The zero-order chi connectivity index (χ0) is 7.61. The van der Waals surface area contributed by atoms with Gasteiger partial charge in [-0.2, -0.15) is 11.8 Å². The molecule has 0 bridgehead atoms. The van der Waals surface area contributed by atoms with Gasteiger partial charge in [0.2, 0.25) is 0 Å². The van der Waals surface area contributed by atoms with Crippen LogP contribution in [0.15, 0.2) is 5.18 Å². The van der Waals surface area contributed by atoms with Gasteiger partial charge < -0.3 is 0 Å². The number of hydrogen-bond acceptors (Lipinski definition) is 4. The molecule has 10 heavy (non-hydrogen) atoms. The zero-order valence-electron chi connectivity index (χ0n) is 6.16. The van der Waals surface area contributed by atoms with E-state index in [4.69, 9.17) is 0 Å². The molecule has 1 rings (SSSR count). The van der Waals surface area contributed by atoms with Crippen LogP contribution in [0.3, 0.4) is 0 Å². The van der Waals surface area contributed by atoms with Crippen molar-refractivity contribution in [3.63, 3.8) is 0 Å². The van der Waals surface area contributed by atoms with Crippen LogP contribution < -0.4 is 0 Å². The Morgan fingerprint density at radius 2 is 2.20 bits per heavy atom. The van der Waals surface area contributed by atoms with E-state index in [1.807, 2.05) is 11.8 Å². The van der Waals surface area contributed by atoms with Crippen LogP contribution in [0, 0.1) is 4.91 Å².